The van der Waals surface area contributed by atoms with Gasteiger partial charge in [0.25, 0.3) is 0 Å². The zero-order chi connectivity index (χ0) is 24.4. The van der Waals surface area contributed by atoms with Crippen LogP contribution in [-0.4, -0.2) is 36.4 Å². The molecule has 5 unspecified atom stereocenters. The average molecular weight is 473 g/mol. The molecule has 180 valence electrons. The number of cyclic esters (lactones) is 1. The predicted molar refractivity (Wildman–Crippen MR) is 119 cm³/mol. The first-order chi connectivity index (χ1) is 16.1. The van der Waals surface area contributed by atoms with Gasteiger partial charge in [0.15, 0.2) is 0 Å². The smallest absolute Gasteiger partial charge is 0.416 e. The van der Waals surface area contributed by atoms with E-state index >= 15 is 0 Å². The molecule has 0 aromatic heterocycles. The Hall–Kier alpha value is -3.00. The Bertz CT molecular complexity index is 1160. The Morgan fingerprint density at radius 2 is 1.97 bits per heavy atom. The van der Waals surface area contributed by atoms with Gasteiger partial charge in [0.05, 0.1) is 37.0 Å². The molecule has 0 spiro atoms. The average Bonchev–Trinajstić information content (AvgIpc) is 3.33. The number of alkyl halides is 3. The summed E-state index contributed by atoms with van der Waals surface area (Å²) in [6.45, 7) is 7.90. The first-order valence-corrected chi connectivity index (χ1v) is 11.4. The fraction of sp³-hybridized carbons (Fsp3) is 0.423. The first-order valence-electron chi connectivity index (χ1n) is 11.4. The van der Waals surface area contributed by atoms with Crippen molar-refractivity contribution in [1.82, 2.24) is 4.90 Å². The van der Waals surface area contributed by atoms with E-state index in [1.807, 2.05) is 26.0 Å². The summed E-state index contributed by atoms with van der Waals surface area (Å²) in [6, 6.07) is 8.14. The zero-order valence-electron chi connectivity index (χ0n) is 19.2. The van der Waals surface area contributed by atoms with E-state index in [2.05, 4.69) is 6.58 Å². The number of rotatable bonds is 3. The third-order valence-corrected chi connectivity index (χ3v) is 7.19. The number of carbonyl (C=O) groups excluding carboxylic acids is 1. The lowest BCUT2D eigenvalue weighted by molar-refractivity contribution is -0.137. The number of ether oxygens (including phenoxy) is 3. The van der Waals surface area contributed by atoms with Crippen molar-refractivity contribution in [3.8, 4) is 16.9 Å². The lowest BCUT2D eigenvalue weighted by Crippen LogP contribution is -2.34. The highest BCUT2D eigenvalue weighted by molar-refractivity contribution is 5.78. The summed E-state index contributed by atoms with van der Waals surface area (Å²) in [5.74, 6) is 0.534. The maximum absolute atomic E-state index is 13.8. The Morgan fingerprint density at radius 1 is 1.21 bits per heavy atom. The highest BCUT2D eigenvalue weighted by atomic mass is 19.4. The van der Waals surface area contributed by atoms with Crippen LogP contribution in [0.5, 0.6) is 5.75 Å². The van der Waals surface area contributed by atoms with Gasteiger partial charge in [-0.25, -0.2) is 4.79 Å². The molecule has 2 aromatic carbocycles. The van der Waals surface area contributed by atoms with Gasteiger partial charge >= 0.3 is 12.3 Å². The fourth-order valence-electron chi connectivity index (χ4n) is 5.43. The molecule has 0 saturated carbocycles. The number of hydrogen-bond acceptors (Lipinski definition) is 4. The van der Waals surface area contributed by atoms with Crippen molar-refractivity contribution >= 4 is 6.09 Å². The van der Waals surface area contributed by atoms with Gasteiger partial charge in [-0.2, -0.15) is 13.2 Å². The van der Waals surface area contributed by atoms with Crippen LogP contribution in [0.4, 0.5) is 18.0 Å². The van der Waals surface area contributed by atoms with Gasteiger partial charge in [-0.05, 0) is 59.9 Å². The fourth-order valence-corrected chi connectivity index (χ4v) is 5.43. The van der Waals surface area contributed by atoms with E-state index in [9.17, 15) is 18.0 Å². The van der Waals surface area contributed by atoms with Crippen LogP contribution in [0.15, 0.2) is 48.6 Å². The Morgan fingerprint density at radius 3 is 2.65 bits per heavy atom. The molecule has 34 heavy (non-hydrogen) atoms. The van der Waals surface area contributed by atoms with Crippen LogP contribution in [0.3, 0.4) is 0 Å². The SMILES string of the molecule is C=C(CC)C1OC(=O)N2C1CC1OC(C)c3ccc(OC)c(c3)-c3ccc(C(F)(F)F)cc3C12. The number of halogens is 3. The minimum Gasteiger partial charge on any atom is -0.496 e. The van der Waals surface area contributed by atoms with E-state index in [0.29, 0.717) is 35.3 Å². The van der Waals surface area contributed by atoms with E-state index < -0.39 is 36.1 Å². The van der Waals surface area contributed by atoms with Crippen LogP contribution >= 0.6 is 0 Å². The minimum atomic E-state index is -4.54. The molecule has 8 heteroatoms. The van der Waals surface area contributed by atoms with Crippen molar-refractivity contribution in [3.05, 3.63) is 65.2 Å². The van der Waals surface area contributed by atoms with Gasteiger partial charge in [-0.15, -0.1) is 0 Å². The number of fused-ring (bicyclic) bond motifs is 8. The van der Waals surface area contributed by atoms with Crippen molar-refractivity contribution < 1.29 is 32.2 Å². The maximum atomic E-state index is 13.8. The van der Waals surface area contributed by atoms with Crippen LogP contribution < -0.4 is 4.74 Å². The van der Waals surface area contributed by atoms with E-state index in [4.69, 9.17) is 14.2 Å². The van der Waals surface area contributed by atoms with Gasteiger partial charge in [0.2, 0.25) is 0 Å². The number of methoxy groups -OCH3 is 1. The summed E-state index contributed by atoms with van der Waals surface area (Å²) in [7, 11) is 1.52. The second kappa shape index (κ2) is 8.05. The number of amides is 1. The molecule has 2 aromatic rings. The van der Waals surface area contributed by atoms with Crippen LogP contribution in [0.25, 0.3) is 11.1 Å². The highest BCUT2D eigenvalue weighted by Crippen LogP contribution is 2.51. The molecule has 2 saturated heterocycles. The second-order valence-corrected chi connectivity index (χ2v) is 9.05. The van der Waals surface area contributed by atoms with Crippen molar-refractivity contribution in [2.24, 2.45) is 0 Å². The topological polar surface area (TPSA) is 48.0 Å². The quantitative estimate of drug-likeness (QED) is 0.482. The molecule has 2 fully saturated rings. The molecule has 0 aliphatic carbocycles. The standard InChI is InChI=1S/C26H26F3NO4/c1-5-13(2)24-20-12-22-23(30(20)25(31)34-24)19-11-16(26(27,28)29)7-8-17(19)18-10-15(14(3)33-22)6-9-21(18)32-4/h6-11,14,20,22-24H,2,5,12H2,1,3-4H3. The van der Waals surface area contributed by atoms with E-state index in [0.717, 1.165) is 23.3 Å². The third kappa shape index (κ3) is 3.47. The largest absolute Gasteiger partial charge is 0.496 e. The normalized spacial score (nSPS) is 27.6. The molecule has 3 heterocycles. The molecule has 0 radical (unpaired) electrons. The van der Waals surface area contributed by atoms with Crippen molar-refractivity contribution in [3.63, 3.8) is 0 Å². The second-order valence-electron chi connectivity index (χ2n) is 9.05. The zero-order valence-corrected chi connectivity index (χ0v) is 19.2. The van der Waals surface area contributed by atoms with E-state index in [1.165, 1.54) is 13.2 Å². The molecule has 5 atom stereocenters. The van der Waals surface area contributed by atoms with Gasteiger partial charge in [-0.3, -0.25) is 4.90 Å². The summed E-state index contributed by atoms with van der Waals surface area (Å²) in [5, 5.41) is 0. The number of carbonyl (C=O) groups is 1. The molecule has 2 bridgehead atoms. The monoisotopic (exact) mass is 473 g/mol. The van der Waals surface area contributed by atoms with Crippen LogP contribution in [-0.2, 0) is 15.7 Å². The number of hydrogen-bond donors (Lipinski definition) is 0. The van der Waals surface area contributed by atoms with Crippen LogP contribution in [0.2, 0.25) is 0 Å². The first kappa shape index (κ1) is 22.8. The minimum absolute atomic E-state index is 0.336. The van der Waals surface area contributed by atoms with Crippen molar-refractivity contribution in [2.75, 3.05) is 7.11 Å². The molecule has 5 nitrogen and oxygen atoms in total. The highest BCUT2D eigenvalue weighted by Gasteiger charge is 2.56. The summed E-state index contributed by atoms with van der Waals surface area (Å²) < 4.78 is 59.0. The third-order valence-electron chi connectivity index (χ3n) is 7.19. The van der Waals surface area contributed by atoms with E-state index in [1.54, 1.807) is 11.0 Å². The van der Waals surface area contributed by atoms with Crippen molar-refractivity contribution in [2.45, 2.75) is 63.3 Å². The maximum Gasteiger partial charge on any atom is 0.416 e. The Balaban J connectivity index is 1.74. The summed E-state index contributed by atoms with van der Waals surface area (Å²) in [5.41, 5.74) is 2.48. The van der Waals surface area contributed by atoms with Gasteiger partial charge in [0, 0.05) is 12.0 Å². The van der Waals surface area contributed by atoms with Crippen molar-refractivity contribution in [1.29, 1.82) is 0 Å². The summed E-state index contributed by atoms with van der Waals surface area (Å²) in [4.78, 5) is 14.6. The van der Waals surface area contributed by atoms with Gasteiger partial charge < -0.3 is 14.2 Å². The Kier molecular flexibility index (Phi) is 5.39. The summed E-state index contributed by atoms with van der Waals surface area (Å²) >= 11 is 0. The van der Waals surface area contributed by atoms with Crippen LogP contribution in [0, 0.1) is 0 Å². The molecule has 0 N–H and O–H groups in total. The Labute approximate surface area is 196 Å². The summed E-state index contributed by atoms with van der Waals surface area (Å²) in [6.07, 6.45) is -5.40. The molecular formula is C26H26F3NO4. The lowest BCUT2D eigenvalue weighted by atomic mass is 9.90. The predicted octanol–water partition coefficient (Wildman–Crippen LogP) is 6.44. The molecular weight excluding hydrogens is 447 g/mol. The molecule has 5 rings (SSSR count). The molecule has 3 aliphatic heterocycles. The van der Waals surface area contributed by atoms with Crippen LogP contribution in [0.1, 0.15) is 55.5 Å². The van der Waals surface area contributed by atoms with Gasteiger partial charge in [0.1, 0.15) is 11.9 Å². The molecule has 3 aliphatic rings. The number of benzene rings is 2. The van der Waals surface area contributed by atoms with E-state index in [-0.39, 0.29) is 12.1 Å². The molecule has 1 amide bonds. The lowest BCUT2D eigenvalue weighted by Gasteiger charge is -2.29. The van der Waals surface area contributed by atoms with Gasteiger partial charge in [-0.1, -0.05) is 25.6 Å². The number of nitrogens with zero attached hydrogens (tertiary/aromatic N) is 1.